The molecule has 3 aromatic rings. The van der Waals surface area contributed by atoms with Gasteiger partial charge in [-0.15, -0.1) is 0 Å². The Bertz CT molecular complexity index is 1470. The van der Waals surface area contributed by atoms with Crippen molar-refractivity contribution >= 4 is 39.1 Å². The second-order valence-electron chi connectivity index (χ2n) is 9.89. The number of nitrogens with zero attached hydrogens (tertiary/aromatic N) is 2. The summed E-state index contributed by atoms with van der Waals surface area (Å²) in [5.74, 6) is 0.0149. The van der Waals surface area contributed by atoms with Gasteiger partial charge in [0.05, 0.1) is 10.6 Å². The molecular formula is C30H34ClN3O6S. The summed E-state index contributed by atoms with van der Waals surface area (Å²) in [6, 6.07) is 18.6. The summed E-state index contributed by atoms with van der Waals surface area (Å²) in [4.78, 5) is 28.8. The summed E-state index contributed by atoms with van der Waals surface area (Å²) in [5, 5.41) is 3.42. The topological polar surface area (TPSA) is 105 Å². The smallest absolute Gasteiger partial charge is 0.264 e. The average molecular weight is 600 g/mol. The Morgan fingerprint density at radius 3 is 2.24 bits per heavy atom. The Morgan fingerprint density at radius 1 is 0.951 bits per heavy atom. The molecule has 0 unspecified atom stereocenters. The molecule has 41 heavy (non-hydrogen) atoms. The van der Waals surface area contributed by atoms with Gasteiger partial charge in [-0.1, -0.05) is 48.9 Å². The van der Waals surface area contributed by atoms with Crippen LogP contribution in [-0.2, 0) is 26.2 Å². The number of nitrogens with one attached hydrogen (secondary N) is 1. The molecule has 0 saturated heterocycles. The molecule has 0 aliphatic carbocycles. The van der Waals surface area contributed by atoms with Crippen LogP contribution in [0.15, 0.2) is 77.7 Å². The summed E-state index contributed by atoms with van der Waals surface area (Å²) in [5.41, 5.74) is 0.980. The van der Waals surface area contributed by atoms with Gasteiger partial charge in [-0.2, -0.15) is 0 Å². The van der Waals surface area contributed by atoms with E-state index < -0.39 is 28.5 Å². The van der Waals surface area contributed by atoms with Crippen LogP contribution < -0.4 is 19.1 Å². The van der Waals surface area contributed by atoms with Gasteiger partial charge in [-0.25, -0.2) is 8.42 Å². The highest BCUT2D eigenvalue weighted by Gasteiger charge is 2.34. The molecule has 218 valence electrons. The second-order valence-corrected chi connectivity index (χ2v) is 12.2. The lowest BCUT2D eigenvalue weighted by atomic mass is 10.1. The molecule has 1 atom stereocenters. The Kier molecular flexibility index (Phi) is 9.77. The van der Waals surface area contributed by atoms with E-state index in [1.165, 1.54) is 17.0 Å². The lowest BCUT2D eigenvalue weighted by molar-refractivity contribution is -0.140. The molecular weight excluding hydrogens is 566 g/mol. The number of sulfonamides is 1. The summed E-state index contributed by atoms with van der Waals surface area (Å²) >= 11 is 6.07. The summed E-state index contributed by atoms with van der Waals surface area (Å²) in [7, 11) is -4.19. The molecule has 3 aromatic carbocycles. The maximum atomic E-state index is 14.1. The van der Waals surface area contributed by atoms with Crippen molar-refractivity contribution in [2.24, 2.45) is 0 Å². The Balaban J connectivity index is 1.75. The van der Waals surface area contributed by atoms with Gasteiger partial charge in [0.2, 0.25) is 11.8 Å². The Morgan fingerprint density at radius 2 is 1.61 bits per heavy atom. The van der Waals surface area contributed by atoms with Crippen LogP contribution >= 0.6 is 11.6 Å². The van der Waals surface area contributed by atoms with E-state index in [9.17, 15) is 18.0 Å². The van der Waals surface area contributed by atoms with Crippen molar-refractivity contribution in [3.8, 4) is 11.5 Å². The van der Waals surface area contributed by atoms with E-state index in [0.717, 1.165) is 9.87 Å². The molecule has 4 rings (SSSR count). The minimum Gasteiger partial charge on any atom is -0.486 e. The van der Waals surface area contributed by atoms with E-state index in [0.29, 0.717) is 36.2 Å². The normalized spacial score (nSPS) is 13.4. The molecule has 0 bridgehead atoms. The van der Waals surface area contributed by atoms with Gasteiger partial charge in [0.25, 0.3) is 10.0 Å². The molecule has 0 spiro atoms. The number of benzene rings is 3. The third-order valence-electron chi connectivity index (χ3n) is 6.51. The van der Waals surface area contributed by atoms with Gasteiger partial charge in [-0.05, 0) is 62.2 Å². The molecule has 1 aliphatic rings. The van der Waals surface area contributed by atoms with Crippen LogP contribution in [0.5, 0.6) is 11.5 Å². The summed E-state index contributed by atoms with van der Waals surface area (Å²) in [6.07, 6.45) is 0.327. The molecule has 1 aliphatic heterocycles. The van der Waals surface area contributed by atoms with Gasteiger partial charge in [0.15, 0.2) is 11.5 Å². The van der Waals surface area contributed by atoms with Gasteiger partial charge in [0, 0.05) is 23.7 Å². The number of amides is 2. The monoisotopic (exact) mass is 599 g/mol. The first-order chi connectivity index (χ1) is 19.6. The third-order valence-corrected chi connectivity index (χ3v) is 8.55. The van der Waals surface area contributed by atoms with Crippen LogP contribution in [0.1, 0.15) is 32.8 Å². The highest BCUT2D eigenvalue weighted by Crippen LogP contribution is 2.36. The first-order valence-electron chi connectivity index (χ1n) is 13.4. The van der Waals surface area contributed by atoms with Crippen LogP contribution in [-0.4, -0.2) is 57.0 Å². The first-order valence-corrected chi connectivity index (χ1v) is 15.2. The number of fused-ring (bicyclic) bond motifs is 1. The van der Waals surface area contributed by atoms with Crippen molar-refractivity contribution in [3.63, 3.8) is 0 Å². The van der Waals surface area contributed by atoms with E-state index in [2.05, 4.69) is 5.32 Å². The molecule has 0 saturated carbocycles. The highest BCUT2D eigenvalue weighted by molar-refractivity contribution is 7.92. The summed E-state index contributed by atoms with van der Waals surface area (Å²) < 4.78 is 40.3. The number of hydrogen-bond donors (Lipinski definition) is 1. The van der Waals surface area contributed by atoms with Crippen molar-refractivity contribution in [1.82, 2.24) is 10.2 Å². The lowest BCUT2D eigenvalue weighted by Crippen LogP contribution is -2.53. The second kappa shape index (κ2) is 13.3. The van der Waals surface area contributed by atoms with Crippen molar-refractivity contribution in [3.05, 3.63) is 83.4 Å². The predicted molar refractivity (Wildman–Crippen MR) is 158 cm³/mol. The SMILES string of the molecule is CC[C@@H](C(=O)NC(C)C)N(Cc1ccc(Cl)cc1)C(=O)CN(c1ccc2c(c1)OCCO2)S(=O)(=O)c1ccccc1. The van der Waals surface area contributed by atoms with E-state index in [1.807, 2.05) is 20.8 Å². The maximum absolute atomic E-state index is 14.1. The van der Waals surface area contributed by atoms with Crippen LogP contribution in [0.2, 0.25) is 5.02 Å². The van der Waals surface area contributed by atoms with E-state index in [4.69, 9.17) is 21.1 Å². The molecule has 0 fully saturated rings. The zero-order chi connectivity index (χ0) is 29.6. The molecule has 0 radical (unpaired) electrons. The van der Waals surface area contributed by atoms with Gasteiger partial charge < -0.3 is 19.7 Å². The number of rotatable bonds is 11. The highest BCUT2D eigenvalue weighted by atomic mass is 35.5. The van der Waals surface area contributed by atoms with Gasteiger partial charge in [0.1, 0.15) is 25.8 Å². The minimum atomic E-state index is -4.19. The average Bonchev–Trinajstić information content (AvgIpc) is 2.96. The van der Waals surface area contributed by atoms with Crippen molar-refractivity contribution in [2.45, 2.75) is 50.7 Å². The number of carbonyl (C=O) groups is 2. The van der Waals surface area contributed by atoms with Crippen molar-refractivity contribution in [2.75, 3.05) is 24.1 Å². The van der Waals surface area contributed by atoms with Gasteiger partial charge in [-0.3, -0.25) is 13.9 Å². The number of anilines is 1. The predicted octanol–water partition coefficient (Wildman–Crippen LogP) is 4.64. The number of hydrogen-bond acceptors (Lipinski definition) is 6. The molecule has 2 amide bonds. The van der Waals surface area contributed by atoms with Crippen molar-refractivity contribution < 1.29 is 27.5 Å². The maximum Gasteiger partial charge on any atom is 0.264 e. The lowest BCUT2D eigenvalue weighted by Gasteiger charge is -2.33. The van der Waals surface area contributed by atoms with E-state index in [-0.39, 0.29) is 29.1 Å². The fraction of sp³-hybridized carbons (Fsp3) is 0.333. The third kappa shape index (κ3) is 7.31. The van der Waals surface area contributed by atoms with Crippen LogP contribution in [0, 0.1) is 0 Å². The molecule has 1 N–H and O–H groups in total. The quantitative estimate of drug-likeness (QED) is 0.344. The standard InChI is InChI=1S/C30H34ClN3O6S/c1-4-26(30(36)32-21(2)3)33(19-22-10-12-23(31)13-11-22)29(35)20-34(41(37,38)25-8-6-5-7-9-25)24-14-15-27-28(18-24)40-17-16-39-27/h5-15,18,21,26H,4,16-17,19-20H2,1-3H3,(H,32,36)/t26-/m0/s1. The Hall–Kier alpha value is -3.76. The molecule has 11 heteroatoms. The number of ether oxygens (including phenoxy) is 2. The van der Waals surface area contributed by atoms with E-state index >= 15 is 0 Å². The van der Waals surface area contributed by atoms with Crippen LogP contribution in [0.3, 0.4) is 0 Å². The largest absolute Gasteiger partial charge is 0.486 e. The number of halogens is 1. The molecule has 1 heterocycles. The van der Waals surface area contributed by atoms with E-state index in [1.54, 1.807) is 60.7 Å². The number of carbonyl (C=O) groups excluding carboxylic acids is 2. The van der Waals surface area contributed by atoms with Gasteiger partial charge >= 0.3 is 0 Å². The molecule has 0 aromatic heterocycles. The molecule has 9 nitrogen and oxygen atoms in total. The first kappa shape index (κ1) is 30.2. The van der Waals surface area contributed by atoms with Crippen LogP contribution in [0.25, 0.3) is 0 Å². The zero-order valence-corrected chi connectivity index (χ0v) is 24.8. The minimum absolute atomic E-state index is 0.0246. The zero-order valence-electron chi connectivity index (χ0n) is 23.2. The fourth-order valence-corrected chi connectivity index (χ4v) is 6.08. The summed E-state index contributed by atoms with van der Waals surface area (Å²) in [6.45, 7) is 5.73. The fourth-order valence-electron chi connectivity index (χ4n) is 4.52. The Labute approximate surface area is 246 Å². The van der Waals surface area contributed by atoms with Crippen molar-refractivity contribution in [1.29, 1.82) is 0 Å². The van der Waals surface area contributed by atoms with Crippen LogP contribution in [0.4, 0.5) is 5.69 Å².